The van der Waals surface area contributed by atoms with Gasteiger partial charge in [-0.05, 0) is 47.0 Å². The Morgan fingerprint density at radius 2 is 1.46 bits per heavy atom. The average Bonchev–Trinajstić information content (AvgIpc) is 3.05. The first-order chi connectivity index (χ1) is 12.2. The van der Waals surface area contributed by atoms with Crippen LogP contribution < -0.4 is 9.64 Å². The summed E-state index contributed by atoms with van der Waals surface area (Å²) in [7, 11) is 0. The zero-order chi connectivity index (χ0) is 19.1. The minimum atomic E-state index is -4.89. The highest BCUT2D eigenvalue weighted by Gasteiger charge is 2.33. The van der Waals surface area contributed by atoms with Gasteiger partial charge in [-0.3, -0.25) is 0 Å². The Morgan fingerprint density at radius 1 is 0.885 bits per heavy atom. The number of benzene rings is 2. The maximum atomic E-state index is 14.2. The second-order valence-corrected chi connectivity index (χ2v) is 6.65. The molecule has 0 bridgehead atoms. The number of hydrogen-bond acceptors (Lipinski definition) is 2. The molecule has 0 N–H and O–H groups in total. The van der Waals surface area contributed by atoms with Crippen molar-refractivity contribution in [2.75, 3.05) is 18.0 Å². The van der Waals surface area contributed by atoms with Gasteiger partial charge >= 0.3 is 6.18 Å². The molecule has 9 heteroatoms. The molecular formula is C17H12BrF6NO. The van der Waals surface area contributed by atoms with Crippen LogP contribution in [0.25, 0.3) is 0 Å². The molecule has 0 aliphatic carbocycles. The van der Waals surface area contributed by atoms with Crippen LogP contribution in [0.15, 0.2) is 28.7 Å². The summed E-state index contributed by atoms with van der Waals surface area (Å²) in [5.41, 5.74) is -1.26. The van der Waals surface area contributed by atoms with Gasteiger partial charge in [0.2, 0.25) is 0 Å². The van der Waals surface area contributed by atoms with Crippen LogP contribution in [0.2, 0.25) is 0 Å². The van der Waals surface area contributed by atoms with Crippen molar-refractivity contribution >= 4 is 21.6 Å². The molecule has 2 aromatic carbocycles. The number of hydrogen-bond donors (Lipinski definition) is 0. The molecule has 26 heavy (non-hydrogen) atoms. The lowest BCUT2D eigenvalue weighted by Gasteiger charge is -2.20. The van der Waals surface area contributed by atoms with Gasteiger partial charge in [-0.1, -0.05) is 0 Å². The molecule has 0 atom stereocenters. The van der Waals surface area contributed by atoms with Crippen molar-refractivity contribution in [1.29, 1.82) is 0 Å². The average molecular weight is 440 g/mol. The lowest BCUT2D eigenvalue weighted by atomic mass is 10.2. The van der Waals surface area contributed by atoms with Gasteiger partial charge in [-0.25, -0.2) is 13.2 Å². The molecular weight excluding hydrogens is 428 g/mol. The fourth-order valence-electron chi connectivity index (χ4n) is 2.73. The van der Waals surface area contributed by atoms with Gasteiger partial charge < -0.3 is 9.64 Å². The largest absolute Gasteiger partial charge is 0.450 e. The number of ether oxygens (including phenoxy) is 1. The zero-order valence-electron chi connectivity index (χ0n) is 13.1. The van der Waals surface area contributed by atoms with Crippen LogP contribution in [0.5, 0.6) is 11.5 Å². The molecule has 1 fully saturated rings. The Kier molecular flexibility index (Phi) is 5.09. The summed E-state index contributed by atoms with van der Waals surface area (Å²) in [4.78, 5) is 1.76. The van der Waals surface area contributed by atoms with Gasteiger partial charge in [0, 0.05) is 19.2 Å². The van der Waals surface area contributed by atoms with Crippen molar-refractivity contribution in [3.63, 3.8) is 0 Å². The summed E-state index contributed by atoms with van der Waals surface area (Å²) in [6, 6.07) is 2.65. The maximum absolute atomic E-state index is 14.2. The van der Waals surface area contributed by atoms with Crippen LogP contribution in [0.4, 0.5) is 32.0 Å². The van der Waals surface area contributed by atoms with Gasteiger partial charge in [0.15, 0.2) is 17.4 Å². The van der Waals surface area contributed by atoms with E-state index in [-0.39, 0.29) is 28.0 Å². The molecule has 0 aromatic heterocycles. The molecule has 2 nitrogen and oxygen atoms in total. The maximum Gasteiger partial charge on any atom is 0.416 e. The van der Waals surface area contributed by atoms with Crippen molar-refractivity contribution in [3.05, 3.63) is 51.8 Å². The fourth-order valence-corrected chi connectivity index (χ4v) is 3.12. The molecule has 0 radical (unpaired) electrons. The minimum absolute atomic E-state index is 0.0802. The second kappa shape index (κ2) is 7.02. The summed E-state index contributed by atoms with van der Waals surface area (Å²) >= 11 is 3.03. The summed E-state index contributed by atoms with van der Waals surface area (Å²) in [5, 5.41) is 0. The molecule has 1 saturated heterocycles. The van der Waals surface area contributed by atoms with Crippen molar-refractivity contribution < 1.29 is 31.1 Å². The highest BCUT2D eigenvalue weighted by atomic mass is 79.9. The normalized spacial score (nSPS) is 14.8. The lowest BCUT2D eigenvalue weighted by Crippen LogP contribution is -2.19. The highest BCUT2D eigenvalue weighted by Crippen LogP contribution is 2.40. The van der Waals surface area contributed by atoms with Crippen LogP contribution >= 0.6 is 15.9 Å². The smallest absolute Gasteiger partial charge is 0.416 e. The quantitative estimate of drug-likeness (QED) is 0.522. The van der Waals surface area contributed by atoms with Gasteiger partial charge in [-0.2, -0.15) is 13.2 Å². The van der Waals surface area contributed by atoms with Gasteiger partial charge in [0.25, 0.3) is 0 Å². The monoisotopic (exact) mass is 439 g/mol. The van der Waals surface area contributed by atoms with Gasteiger partial charge in [0.05, 0.1) is 15.7 Å². The predicted molar refractivity (Wildman–Crippen MR) is 87.0 cm³/mol. The molecule has 0 amide bonds. The Hall–Kier alpha value is -1.90. The number of anilines is 1. The van der Waals surface area contributed by atoms with Crippen molar-refractivity contribution in [2.45, 2.75) is 19.0 Å². The van der Waals surface area contributed by atoms with Crippen molar-refractivity contribution in [3.8, 4) is 11.5 Å². The van der Waals surface area contributed by atoms with Gasteiger partial charge in [-0.15, -0.1) is 0 Å². The lowest BCUT2D eigenvalue weighted by molar-refractivity contribution is -0.138. The third-order valence-corrected chi connectivity index (χ3v) is 4.61. The predicted octanol–water partition coefficient (Wildman–Crippen LogP) is 6.28. The molecule has 3 rings (SSSR count). The van der Waals surface area contributed by atoms with Crippen LogP contribution in [-0.4, -0.2) is 13.1 Å². The zero-order valence-corrected chi connectivity index (χ0v) is 14.7. The van der Waals surface area contributed by atoms with Crippen LogP contribution in [0.1, 0.15) is 18.4 Å². The van der Waals surface area contributed by atoms with E-state index in [4.69, 9.17) is 4.74 Å². The molecule has 0 unspecified atom stereocenters. The molecule has 1 heterocycles. The first-order valence-electron chi connectivity index (χ1n) is 7.65. The molecule has 1 aliphatic rings. The first kappa shape index (κ1) is 18.9. The Balaban J connectivity index is 1.97. The van der Waals surface area contributed by atoms with Crippen LogP contribution in [-0.2, 0) is 6.18 Å². The molecule has 0 spiro atoms. The highest BCUT2D eigenvalue weighted by molar-refractivity contribution is 9.10. The summed E-state index contributed by atoms with van der Waals surface area (Å²) in [6.07, 6.45) is -3.12. The fraction of sp³-hybridized carbons (Fsp3) is 0.294. The van der Waals surface area contributed by atoms with Crippen molar-refractivity contribution in [1.82, 2.24) is 0 Å². The standard InChI is InChI=1S/C17H12BrF6NO/c18-10-7-11(19)14(25-3-1-2-4-25)8-15(10)26-16-12(20)5-9(6-13(16)21)17(22,23)24/h5-8H,1-4H2. The topological polar surface area (TPSA) is 12.5 Å². The van der Waals surface area contributed by atoms with E-state index in [1.54, 1.807) is 4.90 Å². The molecule has 2 aromatic rings. The minimum Gasteiger partial charge on any atom is -0.450 e. The number of alkyl halides is 3. The van der Waals surface area contributed by atoms with E-state index in [9.17, 15) is 26.3 Å². The van der Waals surface area contributed by atoms with Crippen molar-refractivity contribution in [2.24, 2.45) is 0 Å². The van der Waals surface area contributed by atoms with E-state index in [0.29, 0.717) is 13.1 Å². The van der Waals surface area contributed by atoms with E-state index in [2.05, 4.69) is 15.9 Å². The summed E-state index contributed by atoms with van der Waals surface area (Å²) in [5.74, 6) is -4.64. The number of rotatable bonds is 3. The van der Waals surface area contributed by atoms with E-state index >= 15 is 0 Å². The number of halogens is 7. The Bertz CT molecular complexity index is 810. The van der Waals surface area contributed by atoms with E-state index in [0.717, 1.165) is 18.9 Å². The SMILES string of the molecule is Fc1cc(Br)c(Oc2c(F)cc(C(F)(F)F)cc2F)cc1N1CCCC1. The molecule has 140 valence electrons. The van der Waals surface area contributed by atoms with E-state index in [1.165, 1.54) is 6.07 Å². The van der Waals surface area contributed by atoms with Crippen LogP contribution in [0, 0.1) is 17.5 Å². The first-order valence-corrected chi connectivity index (χ1v) is 8.44. The van der Waals surface area contributed by atoms with E-state index < -0.39 is 34.9 Å². The molecule has 1 aliphatic heterocycles. The Morgan fingerprint density at radius 3 is 2.00 bits per heavy atom. The third kappa shape index (κ3) is 3.77. The second-order valence-electron chi connectivity index (χ2n) is 5.80. The van der Waals surface area contributed by atoms with E-state index in [1.807, 2.05) is 0 Å². The third-order valence-electron chi connectivity index (χ3n) is 3.99. The van der Waals surface area contributed by atoms with Crippen LogP contribution in [0.3, 0.4) is 0 Å². The molecule has 0 saturated carbocycles. The van der Waals surface area contributed by atoms with Gasteiger partial charge in [0.1, 0.15) is 11.6 Å². The summed E-state index contributed by atoms with van der Waals surface area (Å²) in [6.45, 7) is 1.25. The summed E-state index contributed by atoms with van der Waals surface area (Å²) < 4.78 is 85.2. The Labute approximate surface area is 153 Å². The number of nitrogens with zero attached hydrogens (tertiary/aromatic N) is 1.